The van der Waals surface area contributed by atoms with Gasteiger partial charge in [0.1, 0.15) is 11.4 Å². The Morgan fingerprint density at radius 2 is 1.79 bits per heavy atom. The smallest absolute Gasteiger partial charge is 0.313 e. The van der Waals surface area contributed by atoms with Gasteiger partial charge in [0.15, 0.2) is 0 Å². The number of benzene rings is 2. The lowest BCUT2D eigenvalue weighted by molar-refractivity contribution is -0.171. The molecule has 3 heterocycles. The third-order valence-electron chi connectivity index (χ3n) is 7.71. The van der Waals surface area contributed by atoms with Gasteiger partial charge in [-0.05, 0) is 94.4 Å². The normalized spacial score (nSPS) is 15.7. The van der Waals surface area contributed by atoms with Crippen LogP contribution in [0.3, 0.4) is 0 Å². The fraction of sp³-hybridized carbons (Fsp3) is 0.441. The Bertz CT molecular complexity index is 1480. The predicted molar refractivity (Wildman–Crippen MR) is 164 cm³/mol. The van der Waals surface area contributed by atoms with Crippen LogP contribution in [0, 0.1) is 11.3 Å². The van der Waals surface area contributed by atoms with E-state index >= 15 is 0 Å². The first-order valence-corrected chi connectivity index (χ1v) is 15.1. The Labute approximate surface area is 253 Å². The lowest BCUT2D eigenvalue weighted by Crippen LogP contribution is -2.47. The molecule has 0 bridgehead atoms. The Balaban J connectivity index is 1.21. The van der Waals surface area contributed by atoms with E-state index in [-0.39, 0.29) is 5.97 Å². The summed E-state index contributed by atoms with van der Waals surface area (Å²) in [6.45, 7) is 12.5. The van der Waals surface area contributed by atoms with E-state index in [1.165, 1.54) is 5.56 Å². The average Bonchev–Trinajstić information content (AvgIpc) is 3.63. The average molecular weight is 590 g/mol. The minimum Gasteiger partial charge on any atom is -0.469 e. The van der Waals surface area contributed by atoms with E-state index in [2.05, 4.69) is 41.0 Å². The van der Waals surface area contributed by atoms with Gasteiger partial charge < -0.3 is 13.7 Å². The molecule has 4 aromatic rings. The van der Waals surface area contributed by atoms with Crippen molar-refractivity contribution < 1.29 is 18.5 Å². The maximum absolute atomic E-state index is 13.4. The number of likely N-dealkylation sites (tertiary alicyclic amines) is 1. The highest BCUT2D eigenvalue weighted by molar-refractivity contribution is 6.31. The molecule has 222 valence electrons. The van der Waals surface area contributed by atoms with Crippen LogP contribution < -0.4 is 0 Å². The molecule has 0 amide bonds. The van der Waals surface area contributed by atoms with Crippen LogP contribution in [0.25, 0.3) is 22.8 Å². The number of furan rings is 1. The number of aromatic nitrogens is 2. The van der Waals surface area contributed by atoms with Crippen molar-refractivity contribution in [3.05, 3.63) is 82.8 Å². The van der Waals surface area contributed by atoms with Crippen molar-refractivity contribution >= 4 is 17.6 Å². The second-order valence-electron chi connectivity index (χ2n) is 12.8. The second-order valence-corrected chi connectivity index (χ2v) is 13.2. The number of ether oxygens (including phenoxy) is 1. The summed E-state index contributed by atoms with van der Waals surface area (Å²) >= 11 is 6.51. The molecule has 42 heavy (non-hydrogen) atoms. The Kier molecular flexibility index (Phi) is 8.90. The van der Waals surface area contributed by atoms with Crippen LogP contribution in [-0.4, -0.2) is 39.7 Å². The molecule has 2 aromatic heterocycles. The van der Waals surface area contributed by atoms with Gasteiger partial charge in [-0.15, -0.1) is 0 Å². The van der Waals surface area contributed by atoms with Gasteiger partial charge in [0, 0.05) is 29.1 Å². The first-order valence-electron chi connectivity index (χ1n) is 14.7. The molecule has 0 N–H and O–H groups in total. The summed E-state index contributed by atoms with van der Waals surface area (Å²) < 4.78 is 17.1. The van der Waals surface area contributed by atoms with Gasteiger partial charge in [0.25, 0.3) is 5.89 Å². The van der Waals surface area contributed by atoms with Gasteiger partial charge in [-0.3, -0.25) is 9.69 Å². The quantitative estimate of drug-likeness (QED) is 0.183. The summed E-state index contributed by atoms with van der Waals surface area (Å²) in [6.07, 6.45) is 4.57. The Morgan fingerprint density at radius 3 is 2.40 bits per heavy atom. The highest BCUT2D eigenvalue weighted by Crippen LogP contribution is 2.38. The first kappa shape index (κ1) is 30.1. The topological polar surface area (TPSA) is 81.6 Å². The van der Waals surface area contributed by atoms with Crippen molar-refractivity contribution in [3.8, 4) is 22.8 Å². The monoisotopic (exact) mass is 589 g/mol. The van der Waals surface area contributed by atoms with E-state index in [9.17, 15) is 4.79 Å². The molecule has 7 nitrogen and oxygen atoms in total. The molecule has 2 aromatic carbocycles. The number of hydrogen-bond acceptors (Lipinski definition) is 7. The molecule has 0 atom stereocenters. The van der Waals surface area contributed by atoms with Crippen molar-refractivity contribution in [2.24, 2.45) is 11.3 Å². The molecular weight excluding hydrogens is 550 g/mol. The summed E-state index contributed by atoms with van der Waals surface area (Å²) in [5.74, 6) is 2.20. The fourth-order valence-electron chi connectivity index (χ4n) is 5.49. The number of piperidine rings is 1. The van der Waals surface area contributed by atoms with Crippen LogP contribution in [0.4, 0.5) is 0 Å². The third-order valence-corrected chi connectivity index (χ3v) is 8.06. The fourth-order valence-corrected chi connectivity index (χ4v) is 5.74. The number of carbonyl (C=O) groups excluding carboxylic acids is 1. The zero-order valence-corrected chi connectivity index (χ0v) is 25.9. The zero-order chi connectivity index (χ0) is 29.9. The van der Waals surface area contributed by atoms with Crippen LogP contribution in [0.15, 0.2) is 69.8 Å². The number of carbonyl (C=O) groups is 1. The summed E-state index contributed by atoms with van der Waals surface area (Å²) in [5, 5.41) is 4.92. The third kappa shape index (κ3) is 7.31. The molecule has 1 aliphatic heterocycles. The number of hydrogen-bond donors (Lipinski definition) is 0. The van der Waals surface area contributed by atoms with Crippen LogP contribution in [0.2, 0.25) is 5.02 Å². The van der Waals surface area contributed by atoms with E-state index < -0.39 is 11.0 Å². The van der Waals surface area contributed by atoms with Gasteiger partial charge in [0.05, 0.1) is 11.7 Å². The molecule has 0 radical (unpaired) electrons. The SMILES string of the molecule is CC(C)Cc1ccc(-c2nc(-c3ccc(CN4CCC(Cc5ccco5)(C(=O)OC(C)(C)C)CC4)cc3)no2)cc1Cl. The molecule has 1 saturated heterocycles. The number of esters is 1. The van der Waals surface area contributed by atoms with Crippen molar-refractivity contribution in [1.82, 2.24) is 15.0 Å². The van der Waals surface area contributed by atoms with Gasteiger partial charge in [-0.1, -0.05) is 60.9 Å². The molecule has 0 saturated carbocycles. The summed E-state index contributed by atoms with van der Waals surface area (Å²) in [5.41, 5.74) is 2.88. The van der Waals surface area contributed by atoms with Crippen molar-refractivity contribution in [2.45, 2.75) is 72.4 Å². The molecule has 8 heteroatoms. The van der Waals surface area contributed by atoms with E-state index in [0.29, 0.717) is 29.1 Å². The number of nitrogens with zero attached hydrogens (tertiary/aromatic N) is 3. The van der Waals surface area contributed by atoms with Crippen molar-refractivity contribution in [2.75, 3.05) is 13.1 Å². The van der Waals surface area contributed by atoms with E-state index in [4.69, 9.17) is 25.3 Å². The molecular formula is C34H40ClN3O4. The van der Waals surface area contributed by atoms with Crippen LogP contribution in [0.1, 0.15) is 64.3 Å². The summed E-state index contributed by atoms with van der Waals surface area (Å²) in [6, 6.07) is 18.0. The molecule has 5 rings (SSSR count). The van der Waals surface area contributed by atoms with Gasteiger partial charge >= 0.3 is 5.97 Å². The second kappa shape index (κ2) is 12.4. The van der Waals surface area contributed by atoms with Crippen molar-refractivity contribution in [3.63, 3.8) is 0 Å². The van der Waals surface area contributed by atoms with Gasteiger partial charge in [-0.25, -0.2) is 0 Å². The van der Waals surface area contributed by atoms with Crippen LogP contribution in [0.5, 0.6) is 0 Å². The summed E-state index contributed by atoms with van der Waals surface area (Å²) in [7, 11) is 0. The number of halogens is 1. The van der Waals surface area contributed by atoms with Gasteiger partial charge in [0.2, 0.25) is 5.82 Å². The minimum atomic E-state index is -0.583. The minimum absolute atomic E-state index is 0.136. The maximum Gasteiger partial charge on any atom is 0.313 e. The standard InChI is InChI=1S/C34H40ClN3O4/c1-23(2)19-26-12-13-27(20-29(26)35)31-36-30(37-42-31)25-10-8-24(9-11-25)22-38-16-14-34(15-17-38,21-28-7-6-18-40-28)32(39)41-33(3,4)5/h6-13,18,20,23H,14-17,19,21-22H2,1-5H3. The maximum atomic E-state index is 13.4. The first-order chi connectivity index (χ1) is 20.0. The largest absolute Gasteiger partial charge is 0.469 e. The molecule has 0 unspecified atom stereocenters. The van der Waals surface area contributed by atoms with E-state index in [1.54, 1.807) is 6.26 Å². The van der Waals surface area contributed by atoms with Crippen LogP contribution >= 0.6 is 11.6 Å². The molecule has 0 spiro atoms. The molecule has 1 fully saturated rings. The molecule has 1 aliphatic rings. The predicted octanol–water partition coefficient (Wildman–Crippen LogP) is 8.02. The Hall–Kier alpha value is -3.42. The highest BCUT2D eigenvalue weighted by atomic mass is 35.5. The van der Waals surface area contributed by atoms with E-state index in [1.807, 2.05) is 63.2 Å². The highest BCUT2D eigenvalue weighted by Gasteiger charge is 2.44. The van der Waals surface area contributed by atoms with Gasteiger partial charge in [-0.2, -0.15) is 4.98 Å². The van der Waals surface area contributed by atoms with Crippen LogP contribution in [-0.2, 0) is 28.9 Å². The van der Waals surface area contributed by atoms with Crippen molar-refractivity contribution in [1.29, 1.82) is 0 Å². The lowest BCUT2D eigenvalue weighted by atomic mass is 9.74. The Morgan fingerprint density at radius 1 is 1.07 bits per heavy atom. The lowest BCUT2D eigenvalue weighted by Gasteiger charge is -2.41. The van der Waals surface area contributed by atoms with E-state index in [0.717, 1.165) is 61.3 Å². The zero-order valence-electron chi connectivity index (χ0n) is 25.2. The number of rotatable bonds is 9. The summed E-state index contributed by atoms with van der Waals surface area (Å²) in [4.78, 5) is 20.4. The molecule has 0 aliphatic carbocycles.